The van der Waals surface area contributed by atoms with Crippen LogP contribution in [0.15, 0.2) is 36.7 Å². The number of hydrogen-bond donors (Lipinski definition) is 1. The third-order valence-electron chi connectivity index (χ3n) is 5.07. The first-order valence-corrected chi connectivity index (χ1v) is 9.34. The van der Waals surface area contributed by atoms with E-state index in [0.29, 0.717) is 24.1 Å². The number of aromatic nitrogens is 2. The minimum atomic E-state index is -0.499. The Morgan fingerprint density at radius 1 is 1.39 bits per heavy atom. The van der Waals surface area contributed by atoms with Crippen LogP contribution in [0.25, 0.3) is 0 Å². The molecule has 0 spiro atoms. The molecule has 1 aromatic heterocycles. The summed E-state index contributed by atoms with van der Waals surface area (Å²) in [7, 11) is 5.63. The number of likely N-dealkylation sites (N-methyl/N-ethyl adjacent to an activating group) is 1. The molecule has 0 aliphatic carbocycles. The van der Waals surface area contributed by atoms with Gasteiger partial charge in [0.05, 0.1) is 30.4 Å². The Bertz CT molecular complexity index is 851. The fraction of sp³-hybridized carbons (Fsp3) is 0.450. The Morgan fingerprint density at radius 2 is 2.18 bits per heavy atom. The molecule has 1 saturated heterocycles. The van der Waals surface area contributed by atoms with E-state index in [9.17, 15) is 14.0 Å². The Morgan fingerprint density at radius 3 is 2.89 bits per heavy atom. The molecule has 2 aromatic rings. The maximum atomic E-state index is 13.7. The van der Waals surface area contributed by atoms with Crippen molar-refractivity contribution in [2.75, 3.05) is 33.0 Å². The maximum Gasteiger partial charge on any atom is 0.230 e. The lowest BCUT2D eigenvalue weighted by molar-refractivity contribution is -0.140. The number of piperidine rings is 1. The molecule has 1 fully saturated rings. The van der Waals surface area contributed by atoms with Gasteiger partial charge >= 0.3 is 0 Å². The summed E-state index contributed by atoms with van der Waals surface area (Å²) in [6.07, 6.45) is 4.12. The molecular weight excluding hydrogens is 361 g/mol. The Labute approximate surface area is 164 Å². The van der Waals surface area contributed by atoms with Crippen LogP contribution in [0.4, 0.5) is 10.1 Å². The number of nitrogens with zero attached hydrogens (tertiary/aromatic N) is 4. The fourth-order valence-electron chi connectivity index (χ4n) is 3.55. The van der Waals surface area contributed by atoms with Gasteiger partial charge in [-0.2, -0.15) is 5.10 Å². The maximum absolute atomic E-state index is 13.7. The predicted molar refractivity (Wildman–Crippen MR) is 104 cm³/mol. The van der Waals surface area contributed by atoms with Crippen LogP contribution >= 0.6 is 0 Å². The first kappa shape index (κ1) is 20.0. The highest BCUT2D eigenvalue weighted by atomic mass is 19.1. The number of carbonyl (C=O) groups excluding carboxylic acids is 2. The highest BCUT2D eigenvalue weighted by Crippen LogP contribution is 2.36. The van der Waals surface area contributed by atoms with Crippen molar-refractivity contribution in [3.8, 4) is 0 Å². The lowest BCUT2D eigenvalue weighted by Crippen LogP contribution is -2.44. The first-order valence-electron chi connectivity index (χ1n) is 9.34. The van der Waals surface area contributed by atoms with E-state index in [1.807, 2.05) is 14.1 Å². The monoisotopic (exact) mass is 387 g/mol. The van der Waals surface area contributed by atoms with Crippen molar-refractivity contribution in [2.45, 2.75) is 25.4 Å². The Hall–Kier alpha value is -2.74. The quantitative estimate of drug-likeness (QED) is 0.824. The van der Waals surface area contributed by atoms with E-state index in [-0.39, 0.29) is 17.6 Å². The standard InChI is InChI=1S/C20H26FN5O2/c1-24(2)9-10-26-13-16(12-22-26)23-20(28)17-7-8-18(27)25(3)19(17)14-5-4-6-15(21)11-14/h4-6,11-13,17,19H,7-10H2,1-3H3,(H,23,28). The molecule has 0 bridgehead atoms. The van der Waals surface area contributed by atoms with E-state index in [1.54, 1.807) is 41.2 Å². The zero-order chi connectivity index (χ0) is 20.3. The minimum absolute atomic E-state index is 0.0465. The summed E-state index contributed by atoms with van der Waals surface area (Å²) in [5.74, 6) is -1.09. The highest BCUT2D eigenvalue weighted by molar-refractivity contribution is 5.94. The van der Waals surface area contributed by atoms with E-state index >= 15 is 0 Å². The summed E-state index contributed by atoms with van der Waals surface area (Å²) in [6, 6.07) is 5.59. The van der Waals surface area contributed by atoms with E-state index in [1.165, 1.54) is 12.1 Å². The van der Waals surface area contributed by atoms with E-state index in [0.717, 1.165) is 13.1 Å². The molecule has 2 amide bonds. The Kier molecular flexibility index (Phi) is 6.08. The second kappa shape index (κ2) is 8.52. The first-order chi connectivity index (χ1) is 13.3. The smallest absolute Gasteiger partial charge is 0.230 e. The summed E-state index contributed by atoms with van der Waals surface area (Å²) < 4.78 is 15.5. The van der Waals surface area contributed by atoms with Gasteiger partial charge in [-0.15, -0.1) is 0 Å². The third kappa shape index (κ3) is 4.56. The van der Waals surface area contributed by atoms with Crippen molar-refractivity contribution in [1.82, 2.24) is 19.6 Å². The van der Waals surface area contributed by atoms with Gasteiger partial charge in [0.15, 0.2) is 0 Å². The van der Waals surface area contributed by atoms with Crippen LogP contribution in [-0.2, 0) is 16.1 Å². The fourth-order valence-corrected chi connectivity index (χ4v) is 3.55. The van der Waals surface area contributed by atoms with Crippen LogP contribution in [0.1, 0.15) is 24.4 Å². The van der Waals surface area contributed by atoms with Gasteiger partial charge in [0.1, 0.15) is 5.82 Å². The number of nitrogens with one attached hydrogen (secondary N) is 1. The summed E-state index contributed by atoms with van der Waals surface area (Å²) in [6.45, 7) is 1.56. The molecule has 28 heavy (non-hydrogen) atoms. The van der Waals surface area contributed by atoms with Crippen molar-refractivity contribution in [1.29, 1.82) is 0 Å². The van der Waals surface area contributed by atoms with Crippen molar-refractivity contribution in [3.63, 3.8) is 0 Å². The van der Waals surface area contributed by atoms with Crippen molar-refractivity contribution in [3.05, 3.63) is 48.0 Å². The van der Waals surface area contributed by atoms with Gasteiger partial charge in [-0.25, -0.2) is 4.39 Å². The van der Waals surface area contributed by atoms with Gasteiger partial charge in [-0.1, -0.05) is 12.1 Å². The van der Waals surface area contributed by atoms with Gasteiger partial charge in [0.2, 0.25) is 11.8 Å². The number of hydrogen-bond acceptors (Lipinski definition) is 4. The minimum Gasteiger partial charge on any atom is -0.338 e. The molecule has 0 radical (unpaired) electrons. The van der Waals surface area contributed by atoms with Crippen molar-refractivity contribution in [2.24, 2.45) is 5.92 Å². The molecule has 1 aromatic carbocycles. The van der Waals surface area contributed by atoms with Crippen molar-refractivity contribution < 1.29 is 14.0 Å². The van der Waals surface area contributed by atoms with Crippen LogP contribution in [0.3, 0.4) is 0 Å². The summed E-state index contributed by atoms with van der Waals surface area (Å²) in [5.41, 5.74) is 1.23. The van der Waals surface area contributed by atoms with E-state index < -0.39 is 12.0 Å². The van der Waals surface area contributed by atoms with Gasteiger partial charge in [-0.05, 0) is 38.2 Å². The average molecular weight is 387 g/mol. The number of benzene rings is 1. The molecule has 1 aliphatic rings. The molecule has 8 heteroatoms. The van der Waals surface area contributed by atoms with Gasteiger partial charge < -0.3 is 15.1 Å². The number of anilines is 1. The molecule has 2 atom stereocenters. The number of likely N-dealkylation sites (tertiary alicyclic amines) is 1. The van der Waals surface area contributed by atoms with E-state index in [2.05, 4.69) is 15.3 Å². The van der Waals surface area contributed by atoms with Gasteiger partial charge in [0, 0.05) is 26.2 Å². The average Bonchev–Trinajstić information content (AvgIpc) is 3.09. The third-order valence-corrected chi connectivity index (χ3v) is 5.07. The molecule has 1 aliphatic heterocycles. The van der Waals surface area contributed by atoms with E-state index in [4.69, 9.17) is 0 Å². The number of rotatable bonds is 6. The molecule has 7 nitrogen and oxygen atoms in total. The van der Waals surface area contributed by atoms with Crippen LogP contribution in [0.5, 0.6) is 0 Å². The zero-order valence-corrected chi connectivity index (χ0v) is 16.4. The van der Waals surface area contributed by atoms with Crippen LogP contribution in [0.2, 0.25) is 0 Å². The summed E-state index contributed by atoms with van der Waals surface area (Å²) in [4.78, 5) is 28.8. The molecule has 150 valence electrons. The summed E-state index contributed by atoms with van der Waals surface area (Å²) in [5, 5.41) is 7.17. The molecule has 1 N–H and O–H groups in total. The number of amides is 2. The van der Waals surface area contributed by atoms with Gasteiger partial charge in [0.25, 0.3) is 0 Å². The van der Waals surface area contributed by atoms with Crippen LogP contribution < -0.4 is 5.32 Å². The topological polar surface area (TPSA) is 70.5 Å². The second-order valence-electron chi connectivity index (χ2n) is 7.43. The summed E-state index contributed by atoms with van der Waals surface area (Å²) >= 11 is 0. The molecule has 3 rings (SSSR count). The lowest BCUT2D eigenvalue weighted by atomic mass is 9.84. The van der Waals surface area contributed by atoms with Crippen LogP contribution in [0, 0.1) is 11.7 Å². The zero-order valence-electron chi connectivity index (χ0n) is 16.4. The lowest BCUT2D eigenvalue weighted by Gasteiger charge is -2.38. The second-order valence-corrected chi connectivity index (χ2v) is 7.43. The predicted octanol–water partition coefficient (Wildman–Crippen LogP) is 2.13. The molecule has 0 saturated carbocycles. The molecule has 2 unspecified atom stereocenters. The normalized spacial score (nSPS) is 19.9. The highest BCUT2D eigenvalue weighted by Gasteiger charge is 2.39. The largest absolute Gasteiger partial charge is 0.338 e. The number of halogens is 1. The van der Waals surface area contributed by atoms with Crippen LogP contribution in [-0.4, -0.2) is 59.1 Å². The SMILES string of the molecule is CN(C)CCn1cc(NC(=O)C2CCC(=O)N(C)C2c2cccc(F)c2)cn1. The number of carbonyl (C=O) groups is 2. The molecular formula is C20H26FN5O2. The Balaban J connectivity index is 1.76. The van der Waals surface area contributed by atoms with Crippen molar-refractivity contribution >= 4 is 17.5 Å². The molecule has 2 heterocycles. The van der Waals surface area contributed by atoms with Gasteiger partial charge in [-0.3, -0.25) is 14.3 Å².